The maximum absolute atomic E-state index is 12.7. The Labute approximate surface area is 167 Å². The molecule has 7 nitrogen and oxygen atoms in total. The SMILES string of the molecule is CC[C@@H](O)CN1CCO[C@H](CN2CCN(C(=O)c3cccc(OC)c3)CC2)C1. The fourth-order valence-corrected chi connectivity index (χ4v) is 3.84. The Hall–Kier alpha value is -1.67. The number of hydrogen-bond acceptors (Lipinski definition) is 6. The predicted molar refractivity (Wildman–Crippen MR) is 108 cm³/mol. The molecule has 1 N–H and O–H groups in total. The molecule has 1 amide bonds. The topological polar surface area (TPSA) is 65.5 Å². The van der Waals surface area contributed by atoms with Gasteiger partial charge in [0.1, 0.15) is 5.75 Å². The second kappa shape index (κ2) is 10.2. The summed E-state index contributed by atoms with van der Waals surface area (Å²) in [6.07, 6.45) is 0.689. The fraction of sp³-hybridized carbons (Fsp3) is 0.667. The average Bonchev–Trinajstić information content (AvgIpc) is 2.74. The standard InChI is InChI=1S/C21H33N3O4/c1-3-18(25)14-23-11-12-28-20(16-23)15-22-7-9-24(10-8-22)21(26)17-5-4-6-19(13-17)27-2/h4-6,13,18,20,25H,3,7-12,14-16H2,1-2H3/t18-,20-/m1/s1. The van der Waals surface area contributed by atoms with Crippen LogP contribution in [0.5, 0.6) is 5.75 Å². The lowest BCUT2D eigenvalue weighted by Crippen LogP contribution is -2.54. The summed E-state index contributed by atoms with van der Waals surface area (Å²) in [5.41, 5.74) is 0.675. The van der Waals surface area contributed by atoms with Gasteiger partial charge in [-0.25, -0.2) is 0 Å². The summed E-state index contributed by atoms with van der Waals surface area (Å²) in [6.45, 7) is 9.22. The first-order valence-corrected chi connectivity index (χ1v) is 10.3. The van der Waals surface area contributed by atoms with Gasteiger partial charge < -0.3 is 19.5 Å². The summed E-state index contributed by atoms with van der Waals surface area (Å²) in [6, 6.07) is 7.34. The van der Waals surface area contributed by atoms with E-state index in [0.717, 1.165) is 65.4 Å². The third-order valence-electron chi connectivity index (χ3n) is 5.60. The molecule has 2 fully saturated rings. The molecular formula is C21H33N3O4. The zero-order valence-corrected chi connectivity index (χ0v) is 17.0. The smallest absolute Gasteiger partial charge is 0.254 e. The molecule has 0 bridgehead atoms. The van der Waals surface area contributed by atoms with Crippen molar-refractivity contribution in [3.8, 4) is 5.75 Å². The second-order valence-corrected chi connectivity index (χ2v) is 7.64. The minimum absolute atomic E-state index is 0.0622. The molecule has 2 atom stereocenters. The van der Waals surface area contributed by atoms with Gasteiger partial charge in [0, 0.05) is 57.9 Å². The highest BCUT2D eigenvalue weighted by molar-refractivity contribution is 5.94. The van der Waals surface area contributed by atoms with Gasteiger partial charge in [0.05, 0.1) is 25.9 Å². The number of hydrogen-bond donors (Lipinski definition) is 1. The normalized spacial score (nSPS) is 22.8. The van der Waals surface area contributed by atoms with Crippen LogP contribution in [0.4, 0.5) is 0 Å². The zero-order valence-electron chi connectivity index (χ0n) is 17.0. The quantitative estimate of drug-likeness (QED) is 0.746. The Morgan fingerprint density at radius 1 is 1.25 bits per heavy atom. The highest BCUT2D eigenvalue weighted by atomic mass is 16.5. The Morgan fingerprint density at radius 3 is 2.75 bits per heavy atom. The van der Waals surface area contributed by atoms with Gasteiger partial charge in [0.2, 0.25) is 0 Å². The molecule has 28 heavy (non-hydrogen) atoms. The summed E-state index contributed by atoms with van der Waals surface area (Å²) >= 11 is 0. The Morgan fingerprint density at radius 2 is 2.04 bits per heavy atom. The van der Waals surface area contributed by atoms with Crippen LogP contribution in [-0.4, -0.2) is 104 Å². The first kappa shape index (κ1) is 21.0. The van der Waals surface area contributed by atoms with Gasteiger partial charge in [0.25, 0.3) is 5.91 Å². The summed E-state index contributed by atoms with van der Waals surface area (Å²) < 4.78 is 11.2. The van der Waals surface area contributed by atoms with E-state index >= 15 is 0 Å². The van der Waals surface area contributed by atoms with Crippen LogP contribution < -0.4 is 4.74 Å². The molecule has 1 aromatic rings. The molecule has 0 aromatic heterocycles. The number of nitrogens with zero attached hydrogens (tertiary/aromatic N) is 3. The van der Waals surface area contributed by atoms with Crippen LogP contribution in [0, 0.1) is 0 Å². The molecule has 2 heterocycles. The van der Waals surface area contributed by atoms with Crippen molar-refractivity contribution in [3.05, 3.63) is 29.8 Å². The average molecular weight is 392 g/mol. The second-order valence-electron chi connectivity index (χ2n) is 7.64. The van der Waals surface area contributed by atoms with Gasteiger partial charge in [-0.1, -0.05) is 13.0 Å². The lowest BCUT2D eigenvalue weighted by molar-refractivity contribution is -0.0565. The molecule has 2 saturated heterocycles. The Kier molecular flexibility index (Phi) is 7.67. The van der Waals surface area contributed by atoms with E-state index in [9.17, 15) is 9.90 Å². The van der Waals surface area contributed by atoms with E-state index in [1.165, 1.54) is 0 Å². The van der Waals surface area contributed by atoms with Gasteiger partial charge in [-0.05, 0) is 24.6 Å². The van der Waals surface area contributed by atoms with Gasteiger partial charge in [0.15, 0.2) is 0 Å². The number of benzene rings is 1. The van der Waals surface area contributed by atoms with Crippen molar-refractivity contribution in [1.82, 2.24) is 14.7 Å². The third-order valence-corrected chi connectivity index (χ3v) is 5.60. The Balaban J connectivity index is 1.45. The lowest BCUT2D eigenvalue weighted by atomic mass is 10.1. The van der Waals surface area contributed by atoms with E-state index < -0.39 is 0 Å². The van der Waals surface area contributed by atoms with Crippen LogP contribution in [-0.2, 0) is 4.74 Å². The Bertz CT molecular complexity index is 634. The number of ether oxygens (including phenoxy) is 2. The number of morpholine rings is 1. The maximum atomic E-state index is 12.7. The highest BCUT2D eigenvalue weighted by Crippen LogP contribution is 2.16. The maximum Gasteiger partial charge on any atom is 0.254 e. The van der Waals surface area contributed by atoms with Gasteiger partial charge in [-0.15, -0.1) is 0 Å². The number of methoxy groups -OCH3 is 1. The van der Waals surface area contributed by atoms with Crippen molar-refractivity contribution < 1.29 is 19.4 Å². The van der Waals surface area contributed by atoms with Crippen LogP contribution in [0.25, 0.3) is 0 Å². The van der Waals surface area contributed by atoms with E-state index in [4.69, 9.17) is 9.47 Å². The summed E-state index contributed by atoms with van der Waals surface area (Å²) in [5, 5.41) is 9.89. The third kappa shape index (κ3) is 5.67. The lowest BCUT2D eigenvalue weighted by Gasteiger charge is -2.39. The van der Waals surface area contributed by atoms with Crippen LogP contribution in [0.15, 0.2) is 24.3 Å². The molecule has 0 radical (unpaired) electrons. The molecule has 0 aliphatic carbocycles. The molecular weight excluding hydrogens is 358 g/mol. The van der Waals surface area contributed by atoms with Gasteiger partial charge >= 0.3 is 0 Å². The number of carbonyl (C=O) groups is 1. The fourth-order valence-electron chi connectivity index (χ4n) is 3.84. The summed E-state index contributed by atoms with van der Waals surface area (Å²) in [5.74, 6) is 0.767. The van der Waals surface area contributed by atoms with Crippen molar-refractivity contribution in [2.24, 2.45) is 0 Å². The first-order chi connectivity index (χ1) is 13.6. The minimum atomic E-state index is -0.259. The molecule has 2 aliphatic heterocycles. The van der Waals surface area contributed by atoms with Crippen molar-refractivity contribution in [1.29, 1.82) is 0 Å². The van der Waals surface area contributed by atoms with E-state index in [-0.39, 0.29) is 18.1 Å². The summed E-state index contributed by atoms with van der Waals surface area (Å²) in [7, 11) is 1.61. The number of carbonyl (C=O) groups excluding carboxylic acids is 1. The molecule has 0 unspecified atom stereocenters. The molecule has 156 valence electrons. The monoisotopic (exact) mass is 391 g/mol. The summed E-state index contributed by atoms with van der Waals surface area (Å²) in [4.78, 5) is 19.3. The molecule has 3 rings (SSSR count). The number of piperazine rings is 1. The van der Waals surface area contributed by atoms with Crippen LogP contribution in [0.3, 0.4) is 0 Å². The molecule has 7 heteroatoms. The number of aliphatic hydroxyl groups excluding tert-OH is 1. The van der Waals surface area contributed by atoms with Gasteiger partial charge in [-0.2, -0.15) is 0 Å². The van der Waals surface area contributed by atoms with E-state index in [1.54, 1.807) is 13.2 Å². The number of aliphatic hydroxyl groups is 1. The van der Waals surface area contributed by atoms with Crippen molar-refractivity contribution >= 4 is 5.91 Å². The first-order valence-electron chi connectivity index (χ1n) is 10.3. The van der Waals surface area contributed by atoms with Crippen LogP contribution in [0.1, 0.15) is 23.7 Å². The predicted octanol–water partition coefficient (Wildman–Crippen LogP) is 0.925. The molecule has 0 spiro atoms. The van der Waals surface area contributed by atoms with Crippen molar-refractivity contribution in [2.75, 3.05) is 66.1 Å². The van der Waals surface area contributed by atoms with E-state index in [2.05, 4.69) is 9.80 Å². The van der Waals surface area contributed by atoms with Crippen LogP contribution >= 0.6 is 0 Å². The number of rotatable bonds is 7. The minimum Gasteiger partial charge on any atom is -0.497 e. The van der Waals surface area contributed by atoms with Crippen molar-refractivity contribution in [2.45, 2.75) is 25.6 Å². The zero-order chi connectivity index (χ0) is 19.9. The largest absolute Gasteiger partial charge is 0.497 e. The number of amides is 1. The highest BCUT2D eigenvalue weighted by Gasteiger charge is 2.27. The van der Waals surface area contributed by atoms with E-state index in [1.807, 2.05) is 30.0 Å². The molecule has 2 aliphatic rings. The van der Waals surface area contributed by atoms with Crippen LogP contribution in [0.2, 0.25) is 0 Å². The van der Waals surface area contributed by atoms with Crippen molar-refractivity contribution in [3.63, 3.8) is 0 Å². The molecule has 0 saturated carbocycles. The van der Waals surface area contributed by atoms with Gasteiger partial charge in [-0.3, -0.25) is 14.6 Å². The van der Waals surface area contributed by atoms with E-state index in [0.29, 0.717) is 11.3 Å². The molecule has 1 aromatic carbocycles. The number of β-amino-alcohol motifs (C(OH)–C–C–N with tert-alkyl or cyclic N) is 1.